The van der Waals surface area contributed by atoms with E-state index >= 15 is 0 Å². The average molecular weight is 290 g/mol. The van der Waals surface area contributed by atoms with Gasteiger partial charge in [-0.25, -0.2) is 4.68 Å². The van der Waals surface area contributed by atoms with Gasteiger partial charge in [-0.1, -0.05) is 23.7 Å². The molecule has 1 heterocycles. The van der Waals surface area contributed by atoms with E-state index < -0.39 is 17.8 Å². The number of rotatable bonds is 2. The third kappa shape index (κ3) is 2.55. The highest BCUT2D eigenvalue weighted by atomic mass is 35.5. The maximum atomic E-state index is 12.6. The molecule has 0 aliphatic carbocycles. The molecule has 4 nitrogen and oxygen atoms in total. The lowest BCUT2D eigenvalue weighted by Gasteiger charge is -2.06. The second-order valence-corrected chi connectivity index (χ2v) is 4.05. The van der Waals surface area contributed by atoms with Crippen molar-refractivity contribution in [3.05, 3.63) is 46.7 Å². The lowest BCUT2D eigenvalue weighted by atomic mass is 10.3. The number of amides is 1. The molecule has 1 amide bonds. The Labute approximate surface area is 110 Å². The molecule has 0 spiro atoms. The summed E-state index contributed by atoms with van der Waals surface area (Å²) in [5.41, 5.74) is 3.60. The van der Waals surface area contributed by atoms with Crippen LogP contribution in [0, 0.1) is 0 Å². The SMILES string of the molecule is NC(=O)c1cc(C(F)(F)F)nn1-c1ccccc1Cl. The first-order valence-electron chi connectivity index (χ1n) is 5.02. The van der Waals surface area contributed by atoms with Gasteiger partial charge in [-0.2, -0.15) is 18.3 Å². The third-order valence-electron chi connectivity index (χ3n) is 2.33. The summed E-state index contributed by atoms with van der Waals surface area (Å²) in [4.78, 5) is 11.2. The second kappa shape index (κ2) is 4.58. The van der Waals surface area contributed by atoms with E-state index in [1.54, 1.807) is 12.1 Å². The molecular formula is C11H7ClF3N3O. The fourth-order valence-electron chi connectivity index (χ4n) is 1.50. The third-order valence-corrected chi connectivity index (χ3v) is 2.65. The number of carbonyl (C=O) groups is 1. The van der Waals surface area contributed by atoms with Crippen LogP contribution in [0.5, 0.6) is 0 Å². The van der Waals surface area contributed by atoms with Crippen LogP contribution in [-0.4, -0.2) is 15.7 Å². The molecule has 0 radical (unpaired) electrons. The lowest BCUT2D eigenvalue weighted by molar-refractivity contribution is -0.141. The van der Waals surface area contributed by atoms with E-state index in [0.29, 0.717) is 6.07 Å². The highest BCUT2D eigenvalue weighted by Gasteiger charge is 2.36. The maximum Gasteiger partial charge on any atom is 0.435 e. The predicted molar refractivity (Wildman–Crippen MR) is 62.1 cm³/mol. The van der Waals surface area contributed by atoms with Crippen molar-refractivity contribution >= 4 is 17.5 Å². The molecule has 100 valence electrons. The molecule has 0 aliphatic heterocycles. The van der Waals surface area contributed by atoms with Crippen LogP contribution >= 0.6 is 11.6 Å². The number of alkyl halides is 3. The number of primary amides is 1. The highest BCUT2D eigenvalue weighted by Crippen LogP contribution is 2.30. The lowest BCUT2D eigenvalue weighted by Crippen LogP contribution is -2.16. The fourth-order valence-corrected chi connectivity index (χ4v) is 1.72. The number of nitrogens with zero attached hydrogens (tertiary/aromatic N) is 2. The van der Waals surface area contributed by atoms with Crippen molar-refractivity contribution < 1.29 is 18.0 Å². The van der Waals surface area contributed by atoms with E-state index in [0.717, 1.165) is 4.68 Å². The number of para-hydroxylation sites is 1. The van der Waals surface area contributed by atoms with E-state index in [1.165, 1.54) is 12.1 Å². The minimum absolute atomic E-state index is 0.147. The summed E-state index contributed by atoms with van der Waals surface area (Å²) in [6.07, 6.45) is -4.67. The van der Waals surface area contributed by atoms with Crippen molar-refractivity contribution in [3.8, 4) is 5.69 Å². The van der Waals surface area contributed by atoms with Crippen molar-refractivity contribution in [2.24, 2.45) is 5.73 Å². The van der Waals surface area contributed by atoms with Gasteiger partial charge in [0.1, 0.15) is 5.69 Å². The molecule has 0 unspecified atom stereocenters. The van der Waals surface area contributed by atoms with Crippen LogP contribution in [0.2, 0.25) is 5.02 Å². The van der Waals surface area contributed by atoms with Gasteiger partial charge in [0, 0.05) is 6.07 Å². The van der Waals surface area contributed by atoms with Crippen LogP contribution in [0.4, 0.5) is 13.2 Å². The molecule has 0 atom stereocenters. The molecular weight excluding hydrogens is 283 g/mol. The standard InChI is InChI=1S/C11H7ClF3N3O/c12-6-3-1-2-4-7(6)18-8(10(16)19)5-9(17-18)11(13,14)15/h1-5H,(H2,16,19). The normalized spacial score (nSPS) is 11.6. The zero-order valence-corrected chi connectivity index (χ0v) is 10.0. The summed E-state index contributed by atoms with van der Waals surface area (Å²) < 4.78 is 38.6. The quantitative estimate of drug-likeness (QED) is 0.924. The van der Waals surface area contributed by atoms with Gasteiger partial charge in [-0.15, -0.1) is 0 Å². The Balaban J connectivity index is 2.66. The number of nitrogens with two attached hydrogens (primary N) is 1. The van der Waals surface area contributed by atoms with Crippen LogP contribution < -0.4 is 5.73 Å². The molecule has 0 aliphatic rings. The molecule has 1 aromatic carbocycles. The first-order valence-corrected chi connectivity index (χ1v) is 5.40. The van der Waals surface area contributed by atoms with Crippen LogP contribution in [-0.2, 0) is 6.18 Å². The van der Waals surface area contributed by atoms with Gasteiger partial charge in [0.15, 0.2) is 5.69 Å². The Morgan fingerprint density at radius 2 is 1.95 bits per heavy atom. The molecule has 19 heavy (non-hydrogen) atoms. The number of hydrogen-bond donors (Lipinski definition) is 1. The maximum absolute atomic E-state index is 12.6. The van der Waals surface area contributed by atoms with Crippen LogP contribution in [0.1, 0.15) is 16.2 Å². The van der Waals surface area contributed by atoms with Crippen molar-refractivity contribution in [3.63, 3.8) is 0 Å². The van der Waals surface area contributed by atoms with E-state index in [4.69, 9.17) is 17.3 Å². The zero-order valence-electron chi connectivity index (χ0n) is 9.28. The van der Waals surface area contributed by atoms with Gasteiger partial charge in [0.05, 0.1) is 10.7 Å². The van der Waals surface area contributed by atoms with Gasteiger partial charge in [-0.3, -0.25) is 4.79 Å². The van der Waals surface area contributed by atoms with Crippen molar-refractivity contribution in [2.75, 3.05) is 0 Å². The summed E-state index contributed by atoms with van der Waals surface area (Å²) in [7, 11) is 0. The van der Waals surface area contributed by atoms with E-state index in [2.05, 4.69) is 5.10 Å². The fraction of sp³-hybridized carbons (Fsp3) is 0.0909. The van der Waals surface area contributed by atoms with Crippen LogP contribution in [0.15, 0.2) is 30.3 Å². The molecule has 8 heteroatoms. The molecule has 2 aromatic rings. The number of aromatic nitrogens is 2. The second-order valence-electron chi connectivity index (χ2n) is 3.64. The Morgan fingerprint density at radius 1 is 1.32 bits per heavy atom. The summed E-state index contributed by atoms with van der Waals surface area (Å²) in [5.74, 6) is -1.03. The monoisotopic (exact) mass is 289 g/mol. The molecule has 0 saturated heterocycles. The van der Waals surface area contributed by atoms with Gasteiger partial charge in [0.25, 0.3) is 5.91 Å². The molecule has 0 fully saturated rings. The van der Waals surface area contributed by atoms with Gasteiger partial charge >= 0.3 is 6.18 Å². The van der Waals surface area contributed by atoms with E-state index in [9.17, 15) is 18.0 Å². The number of benzene rings is 1. The molecule has 2 rings (SSSR count). The number of hydrogen-bond acceptors (Lipinski definition) is 2. The van der Waals surface area contributed by atoms with E-state index in [-0.39, 0.29) is 16.4 Å². The Morgan fingerprint density at radius 3 is 2.47 bits per heavy atom. The largest absolute Gasteiger partial charge is 0.435 e. The Hall–Kier alpha value is -2.02. The highest BCUT2D eigenvalue weighted by molar-refractivity contribution is 6.32. The van der Waals surface area contributed by atoms with Gasteiger partial charge in [0.2, 0.25) is 0 Å². The Kier molecular flexibility index (Phi) is 3.23. The number of carbonyl (C=O) groups excluding carboxylic acids is 1. The summed E-state index contributed by atoms with van der Waals surface area (Å²) >= 11 is 5.86. The molecule has 0 bridgehead atoms. The van der Waals surface area contributed by atoms with E-state index in [1.807, 2.05) is 0 Å². The van der Waals surface area contributed by atoms with Crippen molar-refractivity contribution in [1.29, 1.82) is 0 Å². The van der Waals surface area contributed by atoms with Gasteiger partial charge < -0.3 is 5.73 Å². The zero-order chi connectivity index (χ0) is 14.2. The first-order chi connectivity index (χ1) is 8.80. The minimum Gasteiger partial charge on any atom is -0.364 e. The smallest absolute Gasteiger partial charge is 0.364 e. The van der Waals surface area contributed by atoms with Crippen LogP contribution in [0.3, 0.4) is 0 Å². The topological polar surface area (TPSA) is 60.9 Å². The van der Waals surface area contributed by atoms with Gasteiger partial charge in [-0.05, 0) is 12.1 Å². The predicted octanol–water partition coefficient (Wildman–Crippen LogP) is 2.64. The number of halogens is 4. The Bertz CT molecular complexity index is 636. The summed E-state index contributed by atoms with van der Waals surface area (Å²) in [5, 5.41) is 3.49. The summed E-state index contributed by atoms with van der Waals surface area (Å²) in [6.45, 7) is 0. The molecule has 1 aromatic heterocycles. The summed E-state index contributed by atoms with van der Waals surface area (Å²) in [6, 6.07) is 6.65. The van der Waals surface area contributed by atoms with Crippen LogP contribution in [0.25, 0.3) is 5.69 Å². The molecule has 2 N–H and O–H groups in total. The van der Waals surface area contributed by atoms with Crippen molar-refractivity contribution in [2.45, 2.75) is 6.18 Å². The average Bonchev–Trinajstić information content (AvgIpc) is 2.74. The first kappa shape index (κ1) is 13.4. The van der Waals surface area contributed by atoms with Crippen molar-refractivity contribution in [1.82, 2.24) is 9.78 Å². The minimum atomic E-state index is -4.67. The molecule has 0 saturated carbocycles.